The third-order valence-electron chi connectivity index (χ3n) is 1.08. The first-order valence-electron chi connectivity index (χ1n) is 3.25. The van der Waals surface area contributed by atoms with E-state index in [2.05, 4.69) is 4.74 Å². The molecule has 12 heavy (non-hydrogen) atoms. The molecule has 0 saturated carbocycles. The van der Waals surface area contributed by atoms with Gasteiger partial charge in [0.1, 0.15) is 5.76 Å². The molecule has 0 aliphatic rings. The minimum absolute atomic E-state index is 0.0650. The summed E-state index contributed by atoms with van der Waals surface area (Å²) < 4.78 is 4.20. The molecule has 0 aromatic heterocycles. The van der Waals surface area contributed by atoms with Crippen LogP contribution in [-0.2, 0) is 14.3 Å². The van der Waals surface area contributed by atoms with Crippen molar-refractivity contribution in [3.63, 3.8) is 0 Å². The highest BCUT2D eigenvalue weighted by Gasteiger charge is 2.02. The lowest BCUT2D eigenvalue weighted by molar-refractivity contribution is -0.137. The van der Waals surface area contributed by atoms with Gasteiger partial charge in [0.25, 0.3) is 0 Å². The second-order valence-electron chi connectivity index (χ2n) is 2.05. The number of hydrogen-bond acceptors (Lipinski definition) is 4. The summed E-state index contributed by atoms with van der Waals surface area (Å²) in [6.07, 6.45) is 0.576. The van der Waals surface area contributed by atoms with Crippen molar-refractivity contribution < 1.29 is 24.5 Å². The Hall–Kier alpha value is -1.52. The molecule has 0 fully saturated rings. The number of allylic oxidation sites excluding steroid dienone is 1. The van der Waals surface area contributed by atoms with E-state index in [-0.39, 0.29) is 18.6 Å². The second-order valence-corrected chi connectivity index (χ2v) is 2.05. The summed E-state index contributed by atoms with van der Waals surface area (Å²) >= 11 is 0. The zero-order valence-corrected chi connectivity index (χ0v) is 6.61. The van der Waals surface area contributed by atoms with Gasteiger partial charge in [-0.1, -0.05) is 0 Å². The standard InChI is InChI=1S/C7H10O5/c1-12-7(11)4-5(8)2-3-6(9)10/h4,8H,2-3H2,1H3,(H,9,10)/b5-4-. The Kier molecular flexibility index (Phi) is 4.52. The number of carbonyl (C=O) groups excluding carboxylic acids is 1. The van der Waals surface area contributed by atoms with Crippen LogP contribution in [0.4, 0.5) is 0 Å². The molecule has 0 bridgehead atoms. The summed E-state index contributed by atoms with van der Waals surface area (Å²) in [6, 6.07) is 0. The van der Waals surface area contributed by atoms with Crippen LogP contribution in [0.3, 0.4) is 0 Å². The Morgan fingerprint density at radius 3 is 2.33 bits per heavy atom. The molecule has 0 aromatic carbocycles. The maximum absolute atomic E-state index is 10.5. The van der Waals surface area contributed by atoms with Crippen LogP contribution >= 0.6 is 0 Å². The molecule has 0 saturated heterocycles. The van der Waals surface area contributed by atoms with Crippen molar-refractivity contribution in [1.82, 2.24) is 0 Å². The van der Waals surface area contributed by atoms with Gasteiger partial charge in [-0.2, -0.15) is 0 Å². The molecule has 0 amide bonds. The fourth-order valence-electron chi connectivity index (χ4n) is 0.502. The Balaban J connectivity index is 3.85. The van der Waals surface area contributed by atoms with Gasteiger partial charge in [0.05, 0.1) is 19.6 Å². The van der Waals surface area contributed by atoms with Crippen LogP contribution in [0.15, 0.2) is 11.8 Å². The van der Waals surface area contributed by atoms with Crippen LogP contribution in [0, 0.1) is 0 Å². The maximum atomic E-state index is 10.5. The molecule has 0 aromatic rings. The molecule has 5 nitrogen and oxygen atoms in total. The predicted octanol–water partition coefficient (Wildman–Crippen LogP) is 0.466. The van der Waals surface area contributed by atoms with Gasteiger partial charge >= 0.3 is 11.9 Å². The van der Waals surface area contributed by atoms with Crippen LogP contribution in [0.25, 0.3) is 0 Å². The Morgan fingerprint density at radius 2 is 1.92 bits per heavy atom. The van der Waals surface area contributed by atoms with E-state index in [4.69, 9.17) is 10.2 Å². The number of carboxylic acids is 1. The van der Waals surface area contributed by atoms with Gasteiger partial charge in [0.15, 0.2) is 0 Å². The lowest BCUT2D eigenvalue weighted by atomic mass is 10.2. The van der Waals surface area contributed by atoms with Gasteiger partial charge < -0.3 is 14.9 Å². The van der Waals surface area contributed by atoms with E-state index in [1.165, 1.54) is 7.11 Å². The van der Waals surface area contributed by atoms with Crippen molar-refractivity contribution in [2.75, 3.05) is 7.11 Å². The number of hydrogen-bond donors (Lipinski definition) is 2. The van der Waals surface area contributed by atoms with Crippen LogP contribution in [0.5, 0.6) is 0 Å². The number of rotatable bonds is 4. The SMILES string of the molecule is COC(=O)/C=C(\O)CCC(=O)O. The van der Waals surface area contributed by atoms with Crippen molar-refractivity contribution in [1.29, 1.82) is 0 Å². The quantitative estimate of drug-likeness (QED) is 0.367. The molecular formula is C7H10O5. The number of esters is 1. The lowest BCUT2D eigenvalue weighted by Crippen LogP contribution is -1.99. The molecule has 0 spiro atoms. The fraction of sp³-hybridized carbons (Fsp3) is 0.429. The number of aliphatic hydroxyl groups excluding tert-OH is 1. The Morgan fingerprint density at radius 1 is 1.33 bits per heavy atom. The van der Waals surface area contributed by atoms with Crippen LogP contribution in [0.1, 0.15) is 12.8 Å². The van der Waals surface area contributed by atoms with Crippen molar-refractivity contribution in [2.45, 2.75) is 12.8 Å². The van der Waals surface area contributed by atoms with Crippen LogP contribution in [0.2, 0.25) is 0 Å². The van der Waals surface area contributed by atoms with E-state index in [9.17, 15) is 9.59 Å². The van der Waals surface area contributed by atoms with Gasteiger partial charge in [0, 0.05) is 6.42 Å². The highest BCUT2D eigenvalue weighted by molar-refractivity contribution is 5.82. The molecule has 0 atom stereocenters. The smallest absolute Gasteiger partial charge is 0.333 e. The monoisotopic (exact) mass is 174 g/mol. The summed E-state index contributed by atoms with van der Waals surface area (Å²) in [7, 11) is 1.17. The molecule has 0 radical (unpaired) electrons. The third-order valence-corrected chi connectivity index (χ3v) is 1.08. The molecule has 0 aliphatic carbocycles. The van der Waals surface area contributed by atoms with E-state index in [1.807, 2.05) is 0 Å². The topological polar surface area (TPSA) is 83.8 Å². The van der Waals surface area contributed by atoms with E-state index in [0.717, 1.165) is 6.08 Å². The second kappa shape index (κ2) is 5.17. The number of ether oxygens (including phenoxy) is 1. The predicted molar refractivity (Wildman–Crippen MR) is 39.6 cm³/mol. The number of aliphatic carboxylic acids is 1. The first kappa shape index (κ1) is 10.5. The number of carboxylic acid groups (broad SMARTS) is 1. The Bertz CT molecular complexity index is 206. The molecule has 0 heterocycles. The minimum atomic E-state index is -1.03. The third kappa shape index (κ3) is 5.28. The van der Waals surface area contributed by atoms with E-state index in [1.54, 1.807) is 0 Å². The van der Waals surface area contributed by atoms with Gasteiger partial charge in [-0.05, 0) is 0 Å². The average Bonchev–Trinajstić information content (AvgIpc) is 2.00. The van der Waals surface area contributed by atoms with E-state index < -0.39 is 11.9 Å². The maximum Gasteiger partial charge on any atom is 0.333 e. The van der Waals surface area contributed by atoms with E-state index in [0.29, 0.717) is 0 Å². The Labute approximate surface area is 69.3 Å². The normalized spacial score (nSPS) is 10.9. The molecule has 5 heteroatoms. The van der Waals surface area contributed by atoms with Crippen LogP contribution < -0.4 is 0 Å². The summed E-state index contributed by atoms with van der Waals surface area (Å²) in [5.74, 6) is -2.01. The van der Waals surface area contributed by atoms with Gasteiger partial charge in [-0.3, -0.25) is 4.79 Å². The summed E-state index contributed by atoms with van der Waals surface area (Å²) in [4.78, 5) is 20.5. The number of methoxy groups -OCH3 is 1. The first-order chi connectivity index (χ1) is 5.56. The fourth-order valence-corrected chi connectivity index (χ4v) is 0.502. The molecule has 0 aliphatic heterocycles. The van der Waals surface area contributed by atoms with Crippen LogP contribution in [-0.4, -0.2) is 29.3 Å². The minimum Gasteiger partial charge on any atom is -0.512 e. The summed E-state index contributed by atoms with van der Waals surface area (Å²) in [5.41, 5.74) is 0. The van der Waals surface area contributed by atoms with Crippen molar-refractivity contribution in [2.24, 2.45) is 0 Å². The first-order valence-corrected chi connectivity index (χ1v) is 3.25. The lowest BCUT2D eigenvalue weighted by Gasteiger charge is -1.95. The molecule has 2 N–H and O–H groups in total. The molecular weight excluding hydrogens is 164 g/mol. The zero-order chi connectivity index (χ0) is 9.56. The number of carbonyl (C=O) groups is 2. The van der Waals surface area contributed by atoms with Gasteiger partial charge in [0.2, 0.25) is 0 Å². The molecule has 68 valence electrons. The molecule has 0 rings (SSSR count). The highest BCUT2D eigenvalue weighted by atomic mass is 16.5. The summed E-state index contributed by atoms with van der Waals surface area (Å²) in [5, 5.41) is 17.1. The van der Waals surface area contributed by atoms with E-state index >= 15 is 0 Å². The van der Waals surface area contributed by atoms with Gasteiger partial charge in [-0.25, -0.2) is 4.79 Å². The van der Waals surface area contributed by atoms with Gasteiger partial charge in [-0.15, -0.1) is 0 Å². The van der Waals surface area contributed by atoms with Crippen molar-refractivity contribution in [3.05, 3.63) is 11.8 Å². The number of aliphatic hydroxyl groups is 1. The van der Waals surface area contributed by atoms with Crippen molar-refractivity contribution in [3.8, 4) is 0 Å². The molecule has 0 unspecified atom stereocenters. The average molecular weight is 174 g/mol. The van der Waals surface area contributed by atoms with Crippen molar-refractivity contribution >= 4 is 11.9 Å². The highest BCUT2D eigenvalue weighted by Crippen LogP contribution is 2.00. The largest absolute Gasteiger partial charge is 0.512 e. The summed E-state index contributed by atoms with van der Waals surface area (Å²) in [6.45, 7) is 0. The zero-order valence-electron chi connectivity index (χ0n) is 6.61.